The van der Waals surface area contributed by atoms with Crippen LogP contribution in [0.4, 0.5) is 10.1 Å². The SMILES string of the molecule is CN(Cc1ccoc1)S(=O)(=O)c1ccc(N)cc1F. The smallest absolute Gasteiger partial charge is 0.246 e. The Morgan fingerprint density at radius 2 is 2.11 bits per heavy atom. The number of halogens is 1. The highest BCUT2D eigenvalue weighted by Crippen LogP contribution is 2.21. The number of anilines is 1. The van der Waals surface area contributed by atoms with E-state index in [-0.39, 0.29) is 12.2 Å². The first kappa shape index (κ1) is 13.6. The van der Waals surface area contributed by atoms with Gasteiger partial charge in [-0.25, -0.2) is 12.8 Å². The van der Waals surface area contributed by atoms with Gasteiger partial charge in [-0.2, -0.15) is 4.31 Å². The molecule has 0 saturated carbocycles. The molecule has 0 aliphatic heterocycles. The molecule has 19 heavy (non-hydrogen) atoms. The molecule has 0 atom stereocenters. The Bertz CT molecular complexity index is 668. The average Bonchev–Trinajstić information content (AvgIpc) is 2.81. The predicted octanol–water partition coefficient (Wildman–Crippen LogP) is 1.82. The number of nitrogen functional groups attached to an aromatic ring is 1. The normalized spacial score (nSPS) is 11.9. The lowest BCUT2D eigenvalue weighted by atomic mass is 10.3. The van der Waals surface area contributed by atoms with Crippen molar-refractivity contribution in [2.75, 3.05) is 12.8 Å². The third-order valence-electron chi connectivity index (χ3n) is 2.63. The highest BCUT2D eigenvalue weighted by atomic mass is 32.2. The maximum Gasteiger partial charge on any atom is 0.246 e. The number of benzene rings is 1. The minimum absolute atomic E-state index is 0.0999. The molecule has 7 heteroatoms. The van der Waals surface area contributed by atoms with Crippen LogP contribution >= 0.6 is 0 Å². The van der Waals surface area contributed by atoms with Crippen molar-refractivity contribution in [1.82, 2.24) is 4.31 Å². The molecule has 1 heterocycles. The summed E-state index contributed by atoms with van der Waals surface area (Å²) >= 11 is 0. The summed E-state index contributed by atoms with van der Waals surface area (Å²) in [5.41, 5.74) is 6.25. The van der Waals surface area contributed by atoms with Crippen molar-refractivity contribution >= 4 is 15.7 Å². The predicted molar refractivity (Wildman–Crippen MR) is 68.2 cm³/mol. The largest absolute Gasteiger partial charge is 0.472 e. The fraction of sp³-hybridized carbons (Fsp3) is 0.167. The number of furan rings is 1. The van der Waals surface area contributed by atoms with Crippen LogP contribution in [0.3, 0.4) is 0 Å². The molecule has 0 spiro atoms. The minimum Gasteiger partial charge on any atom is -0.472 e. The average molecular weight is 284 g/mol. The van der Waals surface area contributed by atoms with Gasteiger partial charge in [-0.3, -0.25) is 0 Å². The third kappa shape index (κ3) is 2.77. The summed E-state index contributed by atoms with van der Waals surface area (Å²) in [6, 6.07) is 5.14. The summed E-state index contributed by atoms with van der Waals surface area (Å²) in [6.07, 6.45) is 2.88. The molecule has 0 bridgehead atoms. The van der Waals surface area contributed by atoms with Crippen molar-refractivity contribution < 1.29 is 17.2 Å². The van der Waals surface area contributed by atoms with Gasteiger partial charge >= 0.3 is 0 Å². The van der Waals surface area contributed by atoms with E-state index in [1.165, 1.54) is 25.6 Å². The van der Waals surface area contributed by atoms with E-state index in [2.05, 4.69) is 0 Å². The molecule has 1 aromatic carbocycles. The maximum atomic E-state index is 13.7. The number of hydrogen-bond donors (Lipinski definition) is 1. The quantitative estimate of drug-likeness (QED) is 0.869. The van der Waals surface area contributed by atoms with Gasteiger partial charge in [0.15, 0.2) is 0 Å². The molecule has 2 aromatic rings. The molecule has 0 amide bonds. The molecule has 0 aliphatic rings. The van der Waals surface area contributed by atoms with E-state index in [1.54, 1.807) is 6.07 Å². The van der Waals surface area contributed by atoms with Crippen molar-refractivity contribution in [2.45, 2.75) is 11.4 Å². The van der Waals surface area contributed by atoms with Crippen molar-refractivity contribution in [3.8, 4) is 0 Å². The van der Waals surface area contributed by atoms with Crippen LogP contribution in [0.1, 0.15) is 5.56 Å². The summed E-state index contributed by atoms with van der Waals surface area (Å²) < 4.78 is 44.0. The Morgan fingerprint density at radius 3 is 2.68 bits per heavy atom. The first-order valence-electron chi connectivity index (χ1n) is 5.43. The maximum absolute atomic E-state index is 13.7. The zero-order chi connectivity index (χ0) is 14.0. The Kier molecular flexibility index (Phi) is 3.59. The first-order valence-corrected chi connectivity index (χ1v) is 6.87. The van der Waals surface area contributed by atoms with Gasteiger partial charge in [-0.15, -0.1) is 0 Å². The molecule has 2 rings (SSSR count). The van der Waals surface area contributed by atoms with Crippen molar-refractivity contribution in [3.63, 3.8) is 0 Å². The summed E-state index contributed by atoms with van der Waals surface area (Å²) in [7, 11) is -2.53. The molecular formula is C12H13FN2O3S. The second-order valence-corrected chi connectivity index (χ2v) is 6.10. The highest BCUT2D eigenvalue weighted by molar-refractivity contribution is 7.89. The molecule has 0 saturated heterocycles. The minimum atomic E-state index is -3.90. The van der Waals surface area contributed by atoms with Crippen LogP contribution < -0.4 is 5.73 Å². The van der Waals surface area contributed by atoms with E-state index < -0.39 is 20.7 Å². The number of rotatable bonds is 4. The summed E-state index contributed by atoms with van der Waals surface area (Å²) in [5, 5.41) is 0. The van der Waals surface area contributed by atoms with Gasteiger partial charge in [0, 0.05) is 24.8 Å². The fourth-order valence-electron chi connectivity index (χ4n) is 1.62. The molecule has 0 unspecified atom stereocenters. The standard InChI is InChI=1S/C12H13FN2O3S/c1-15(7-9-4-5-18-8-9)19(16,17)12-3-2-10(14)6-11(12)13/h2-6,8H,7,14H2,1H3. The molecule has 2 N–H and O–H groups in total. The second kappa shape index (κ2) is 5.02. The lowest BCUT2D eigenvalue weighted by molar-refractivity contribution is 0.457. The molecular weight excluding hydrogens is 271 g/mol. The van der Waals surface area contributed by atoms with Gasteiger partial charge in [0.1, 0.15) is 10.7 Å². The topological polar surface area (TPSA) is 76.5 Å². The Morgan fingerprint density at radius 1 is 1.37 bits per heavy atom. The highest BCUT2D eigenvalue weighted by Gasteiger charge is 2.24. The molecule has 102 valence electrons. The molecule has 0 radical (unpaired) electrons. The number of nitrogens with zero attached hydrogens (tertiary/aromatic N) is 1. The Hall–Kier alpha value is -1.86. The van der Waals surface area contributed by atoms with Gasteiger partial charge in [-0.1, -0.05) is 0 Å². The number of sulfonamides is 1. The molecule has 0 aliphatic carbocycles. The van der Waals surface area contributed by atoms with Crippen LogP contribution in [0.15, 0.2) is 46.1 Å². The van der Waals surface area contributed by atoms with Gasteiger partial charge in [0.25, 0.3) is 0 Å². The van der Waals surface area contributed by atoms with Crippen LogP contribution in [0, 0.1) is 5.82 Å². The van der Waals surface area contributed by atoms with E-state index >= 15 is 0 Å². The molecule has 5 nitrogen and oxygen atoms in total. The second-order valence-electron chi connectivity index (χ2n) is 4.08. The van der Waals surface area contributed by atoms with E-state index in [1.807, 2.05) is 0 Å². The lowest BCUT2D eigenvalue weighted by Gasteiger charge is -2.16. The van der Waals surface area contributed by atoms with Crippen LogP contribution in [-0.2, 0) is 16.6 Å². The van der Waals surface area contributed by atoms with Crippen LogP contribution in [-0.4, -0.2) is 19.8 Å². The van der Waals surface area contributed by atoms with Gasteiger partial charge < -0.3 is 10.2 Å². The van der Waals surface area contributed by atoms with E-state index in [9.17, 15) is 12.8 Å². The molecule has 0 fully saturated rings. The van der Waals surface area contributed by atoms with Crippen molar-refractivity contribution in [2.24, 2.45) is 0 Å². The van der Waals surface area contributed by atoms with Crippen LogP contribution in [0.2, 0.25) is 0 Å². The number of nitrogens with two attached hydrogens (primary N) is 1. The van der Waals surface area contributed by atoms with E-state index in [0.29, 0.717) is 5.56 Å². The van der Waals surface area contributed by atoms with Gasteiger partial charge in [0.05, 0.1) is 12.5 Å². The van der Waals surface area contributed by atoms with Gasteiger partial charge in [-0.05, 0) is 24.3 Å². The zero-order valence-corrected chi connectivity index (χ0v) is 11.0. The van der Waals surface area contributed by atoms with Crippen LogP contribution in [0.5, 0.6) is 0 Å². The van der Waals surface area contributed by atoms with Crippen LogP contribution in [0.25, 0.3) is 0 Å². The Balaban J connectivity index is 2.31. The monoisotopic (exact) mass is 284 g/mol. The van der Waals surface area contributed by atoms with E-state index in [0.717, 1.165) is 16.4 Å². The number of hydrogen-bond acceptors (Lipinski definition) is 4. The fourth-order valence-corrected chi connectivity index (χ4v) is 2.82. The summed E-state index contributed by atoms with van der Waals surface area (Å²) in [4.78, 5) is -0.396. The zero-order valence-electron chi connectivity index (χ0n) is 10.2. The van der Waals surface area contributed by atoms with Gasteiger partial charge in [0.2, 0.25) is 10.0 Å². The van der Waals surface area contributed by atoms with E-state index in [4.69, 9.17) is 10.2 Å². The lowest BCUT2D eigenvalue weighted by Crippen LogP contribution is -2.27. The molecule has 1 aromatic heterocycles. The first-order chi connectivity index (χ1) is 8.91. The van der Waals surface area contributed by atoms with Crippen molar-refractivity contribution in [1.29, 1.82) is 0 Å². The summed E-state index contributed by atoms with van der Waals surface area (Å²) in [6.45, 7) is 0.0999. The Labute approximate surface area is 110 Å². The third-order valence-corrected chi connectivity index (χ3v) is 4.47. The summed E-state index contributed by atoms with van der Waals surface area (Å²) in [5.74, 6) is -0.862. The van der Waals surface area contributed by atoms with Crippen molar-refractivity contribution in [3.05, 3.63) is 48.2 Å².